The van der Waals surface area contributed by atoms with Crippen LogP contribution < -0.4 is 0 Å². The zero-order chi connectivity index (χ0) is 14.6. The summed E-state index contributed by atoms with van der Waals surface area (Å²) in [6, 6.07) is 6.04. The number of nitrogens with zero attached hydrogens (tertiary/aromatic N) is 1. The molecule has 1 aromatic carbocycles. The van der Waals surface area contributed by atoms with Crippen molar-refractivity contribution in [2.75, 3.05) is 6.61 Å². The first kappa shape index (κ1) is 15.6. The molecule has 0 bridgehead atoms. The second-order valence-corrected chi connectivity index (χ2v) is 5.16. The Kier molecular flexibility index (Phi) is 5.02. The van der Waals surface area contributed by atoms with Crippen molar-refractivity contribution >= 4 is 21.9 Å². The average Bonchev–Trinajstić information content (AvgIpc) is 2.29. The van der Waals surface area contributed by atoms with Gasteiger partial charge in [0.1, 0.15) is 6.61 Å². The van der Waals surface area contributed by atoms with Crippen LogP contribution in [0, 0.1) is 10.1 Å². The molecule has 0 radical (unpaired) electrons. The standard InChI is InChI=1S/C12H14BrNO5/c1-8(2)19-11(16)12(7-15,14(17)18)9-4-3-5-10(13)6-9/h3-6,8,15H,7H2,1-2H3. The second kappa shape index (κ2) is 6.12. The third-order valence-electron chi connectivity index (χ3n) is 2.52. The maximum Gasteiger partial charge on any atom is 0.392 e. The molecule has 0 spiro atoms. The third-order valence-corrected chi connectivity index (χ3v) is 3.02. The number of aliphatic hydroxyl groups excluding tert-OH is 1. The Balaban J connectivity index is 3.35. The van der Waals surface area contributed by atoms with Gasteiger partial charge in [-0.3, -0.25) is 10.1 Å². The molecule has 7 heteroatoms. The molecule has 0 aliphatic carbocycles. The predicted octanol–water partition coefficient (Wildman–Crippen LogP) is 1.86. The first-order valence-electron chi connectivity index (χ1n) is 5.57. The lowest BCUT2D eigenvalue weighted by molar-refractivity contribution is -0.568. The lowest BCUT2D eigenvalue weighted by atomic mass is 9.91. The number of hydrogen-bond donors (Lipinski definition) is 1. The topological polar surface area (TPSA) is 89.7 Å². The van der Waals surface area contributed by atoms with Crippen LogP contribution in [0.25, 0.3) is 0 Å². The van der Waals surface area contributed by atoms with E-state index >= 15 is 0 Å². The summed E-state index contributed by atoms with van der Waals surface area (Å²) in [5.74, 6) is -1.08. The average molecular weight is 332 g/mol. The lowest BCUT2D eigenvalue weighted by Gasteiger charge is -2.23. The Labute approximate surface area is 118 Å². The Bertz CT molecular complexity index is 491. The fourth-order valence-electron chi connectivity index (χ4n) is 1.57. The van der Waals surface area contributed by atoms with Gasteiger partial charge in [-0.2, -0.15) is 0 Å². The van der Waals surface area contributed by atoms with Crippen LogP contribution in [-0.4, -0.2) is 28.7 Å². The highest BCUT2D eigenvalue weighted by Crippen LogP contribution is 2.29. The third kappa shape index (κ3) is 3.10. The van der Waals surface area contributed by atoms with Crippen molar-refractivity contribution in [3.8, 4) is 0 Å². The quantitative estimate of drug-likeness (QED) is 0.505. The van der Waals surface area contributed by atoms with Crippen LogP contribution in [0.15, 0.2) is 28.7 Å². The van der Waals surface area contributed by atoms with Crippen molar-refractivity contribution in [2.24, 2.45) is 0 Å². The van der Waals surface area contributed by atoms with Gasteiger partial charge in [0.2, 0.25) is 0 Å². The Morgan fingerprint density at radius 2 is 2.21 bits per heavy atom. The summed E-state index contributed by atoms with van der Waals surface area (Å²) in [6.45, 7) is 2.20. The van der Waals surface area contributed by atoms with Crippen LogP contribution in [-0.2, 0) is 15.1 Å². The van der Waals surface area contributed by atoms with E-state index < -0.39 is 29.1 Å². The van der Waals surface area contributed by atoms with E-state index in [1.807, 2.05) is 0 Å². The molecule has 0 aliphatic heterocycles. The van der Waals surface area contributed by atoms with Crippen molar-refractivity contribution < 1.29 is 19.6 Å². The zero-order valence-corrected chi connectivity index (χ0v) is 12.1. The number of carbonyl (C=O) groups is 1. The number of benzene rings is 1. The Hall–Kier alpha value is -1.47. The molecule has 1 aromatic rings. The van der Waals surface area contributed by atoms with Gasteiger partial charge >= 0.3 is 11.5 Å². The summed E-state index contributed by atoms with van der Waals surface area (Å²) in [7, 11) is 0. The van der Waals surface area contributed by atoms with Crippen LogP contribution in [0.5, 0.6) is 0 Å². The van der Waals surface area contributed by atoms with Crippen molar-refractivity contribution in [2.45, 2.75) is 25.5 Å². The summed E-state index contributed by atoms with van der Waals surface area (Å²) in [4.78, 5) is 22.5. The van der Waals surface area contributed by atoms with E-state index in [-0.39, 0.29) is 5.56 Å². The van der Waals surface area contributed by atoms with E-state index in [0.717, 1.165) is 0 Å². The fraction of sp³-hybridized carbons (Fsp3) is 0.417. The van der Waals surface area contributed by atoms with Gasteiger partial charge in [0.25, 0.3) is 0 Å². The van der Waals surface area contributed by atoms with E-state index in [9.17, 15) is 20.0 Å². The van der Waals surface area contributed by atoms with E-state index in [4.69, 9.17) is 4.74 Å². The molecule has 1 atom stereocenters. The highest BCUT2D eigenvalue weighted by atomic mass is 79.9. The normalized spacial score (nSPS) is 13.9. The van der Waals surface area contributed by atoms with Crippen LogP contribution >= 0.6 is 15.9 Å². The number of rotatable bonds is 5. The predicted molar refractivity (Wildman–Crippen MR) is 71.1 cm³/mol. The number of esters is 1. The van der Waals surface area contributed by atoms with Gasteiger partial charge in [-0.25, -0.2) is 4.79 Å². The SMILES string of the molecule is CC(C)OC(=O)C(CO)(c1cccc(Br)c1)[N+](=O)[O-]. The van der Waals surface area contributed by atoms with Crippen molar-refractivity contribution in [1.82, 2.24) is 0 Å². The number of ether oxygens (including phenoxy) is 1. The van der Waals surface area contributed by atoms with Gasteiger partial charge in [-0.15, -0.1) is 0 Å². The van der Waals surface area contributed by atoms with Crippen LogP contribution in [0.3, 0.4) is 0 Å². The molecule has 6 nitrogen and oxygen atoms in total. The molecule has 0 saturated heterocycles. The maximum atomic E-state index is 12.0. The minimum Gasteiger partial charge on any atom is -0.457 e. The first-order chi connectivity index (χ1) is 8.84. The monoisotopic (exact) mass is 331 g/mol. The molecular weight excluding hydrogens is 318 g/mol. The highest BCUT2D eigenvalue weighted by Gasteiger charge is 2.54. The largest absolute Gasteiger partial charge is 0.457 e. The molecule has 0 saturated carbocycles. The van der Waals surface area contributed by atoms with Gasteiger partial charge < -0.3 is 9.84 Å². The highest BCUT2D eigenvalue weighted by molar-refractivity contribution is 9.10. The summed E-state index contributed by atoms with van der Waals surface area (Å²) >= 11 is 3.18. The van der Waals surface area contributed by atoms with Crippen LogP contribution in [0.2, 0.25) is 0 Å². The molecular formula is C12H14BrNO5. The van der Waals surface area contributed by atoms with Crippen molar-refractivity contribution in [3.63, 3.8) is 0 Å². The minimum absolute atomic E-state index is 0.0695. The molecule has 0 heterocycles. The van der Waals surface area contributed by atoms with Gasteiger partial charge in [0.05, 0.1) is 6.10 Å². The second-order valence-electron chi connectivity index (χ2n) is 4.24. The van der Waals surface area contributed by atoms with E-state index in [1.165, 1.54) is 12.1 Å². The maximum absolute atomic E-state index is 12.0. The molecule has 0 fully saturated rings. The van der Waals surface area contributed by atoms with Gasteiger partial charge in [-0.1, -0.05) is 28.1 Å². The number of nitro groups is 1. The van der Waals surface area contributed by atoms with E-state index in [0.29, 0.717) is 4.47 Å². The van der Waals surface area contributed by atoms with Gasteiger partial charge in [0, 0.05) is 15.0 Å². The summed E-state index contributed by atoms with van der Waals surface area (Å²) in [5, 5.41) is 20.7. The van der Waals surface area contributed by atoms with Gasteiger partial charge in [0.15, 0.2) is 0 Å². The number of carbonyl (C=O) groups excluding carboxylic acids is 1. The molecule has 0 aliphatic rings. The van der Waals surface area contributed by atoms with Crippen LogP contribution in [0.1, 0.15) is 19.4 Å². The molecule has 104 valence electrons. The summed E-state index contributed by atoms with van der Waals surface area (Å²) in [6.07, 6.45) is -0.509. The Morgan fingerprint density at radius 1 is 1.58 bits per heavy atom. The number of halogens is 1. The smallest absolute Gasteiger partial charge is 0.392 e. The Morgan fingerprint density at radius 3 is 2.63 bits per heavy atom. The van der Waals surface area contributed by atoms with E-state index in [1.54, 1.807) is 26.0 Å². The van der Waals surface area contributed by atoms with Crippen molar-refractivity contribution in [1.29, 1.82) is 0 Å². The molecule has 19 heavy (non-hydrogen) atoms. The fourth-order valence-corrected chi connectivity index (χ4v) is 1.97. The van der Waals surface area contributed by atoms with Crippen LogP contribution in [0.4, 0.5) is 0 Å². The molecule has 0 amide bonds. The van der Waals surface area contributed by atoms with Crippen molar-refractivity contribution in [3.05, 3.63) is 44.4 Å². The summed E-state index contributed by atoms with van der Waals surface area (Å²) in [5.41, 5.74) is -2.23. The van der Waals surface area contributed by atoms with Gasteiger partial charge in [-0.05, 0) is 26.0 Å². The molecule has 1 unspecified atom stereocenters. The number of aliphatic hydroxyl groups is 1. The first-order valence-corrected chi connectivity index (χ1v) is 6.36. The summed E-state index contributed by atoms with van der Waals surface area (Å²) < 4.78 is 5.48. The zero-order valence-electron chi connectivity index (χ0n) is 10.5. The molecule has 1 rings (SSSR count). The van der Waals surface area contributed by atoms with E-state index in [2.05, 4.69) is 15.9 Å². The lowest BCUT2D eigenvalue weighted by Crippen LogP contribution is -2.48. The minimum atomic E-state index is -2.30. The molecule has 0 aromatic heterocycles. The number of hydrogen-bond acceptors (Lipinski definition) is 5. The molecule has 1 N–H and O–H groups in total.